The van der Waals surface area contributed by atoms with E-state index < -0.39 is 0 Å². The largest absolute Gasteiger partial charge is 0.383 e. The van der Waals surface area contributed by atoms with E-state index in [9.17, 15) is 0 Å². The molecule has 210 valence electrons. The van der Waals surface area contributed by atoms with Gasteiger partial charge >= 0.3 is 0 Å². The normalized spacial score (nSPS) is 17.9. The van der Waals surface area contributed by atoms with Crippen molar-refractivity contribution in [3.63, 3.8) is 0 Å². The van der Waals surface area contributed by atoms with Crippen molar-refractivity contribution in [1.82, 2.24) is 35.1 Å². The Morgan fingerprint density at radius 2 is 1.85 bits per heavy atom. The van der Waals surface area contributed by atoms with Gasteiger partial charge in [-0.3, -0.25) is 14.7 Å². The number of fused-ring (bicyclic) bond motifs is 1. The molecule has 2 aliphatic heterocycles. The summed E-state index contributed by atoms with van der Waals surface area (Å²) < 4.78 is 7.37. The zero-order valence-corrected chi connectivity index (χ0v) is 23.8. The second kappa shape index (κ2) is 12.5. The van der Waals surface area contributed by atoms with Crippen molar-refractivity contribution in [2.45, 2.75) is 32.4 Å². The minimum absolute atomic E-state index is 0.459. The molecular formula is C32H41N7O. The van der Waals surface area contributed by atoms with E-state index in [-0.39, 0.29) is 0 Å². The van der Waals surface area contributed by atoms with Gasteiger partial charge in [0, 0.05) is 76.6 Å². The first-order valence-corrected chi connectivity index (χ1v) is 14.6. The molecule has 2 saturated heterocycles. The third-order valence-electron chi connectivity index (χ3n) is 8.41. The van der Waals surface area contributed by atoms with Gasteiger partial charge in [-0.15, -0.1) is 0 Å². The molecule has 2 N–H and O–H groups in total. The molecule has 4 aromatic rings. The first kappa shape index (κ1) is 26.9. The number of hydrogen-bond acceptors (Lipinski definition) is 6. The van der Waals surface area contributed by atoms with Crippen molar-refractivity contribution in [3.8, 4) is 11.1 Å². The average Bonchev–Trinajstić information content (AvgIpc) is 3.63. The van der Waals surface area contributed by atoms with Crippen molar-refractivity contribution in [2.24, 2.45) is 0 Å². The molecule has 0 amide bonds. The first-order valence-electron chi connectivity index (χ1n) is 14.6. The fourth-order valence-electron chi connectivity index (χ4n) is 6.05. The SMILES string of the molecule is COCCN1CCC(n2cc(/C=C/c3n[nH]c4ccc(-c5ccc(CN6CCNCC6)cc5C)cc34)cn2)CC1. The Morgan fingerprint density at radius 1 is 1.00 bits per heavy atom. The predicted molar refractivity (Wildman–Crippen MR) is 162 cm³/mol. The number of nitrogens with zero attached hydrogens (tertiary/aromatic N) is 5. The van der Waals surface area contributed by atoms with E-state index >= 15 is 0 Å². The van der Waals surface area contributed by atoms with E-state index in [0.29, 0.717) is 6.04 Å². The lowest BCUT2D eigenvalue weighted by Crippen LogP contribution is -2.42. The molecule has 2 aromatic carbocycles. The van der Waals surface area contributed by atoms with Gasteiger partial charge in [0.15, 0.2) is 0 Å². The van der Waals surface area contributed by atoms with Crippen LogP contribution in [0.4, 0.5) is 0 Å². The van der Waals surface area contributed by atoms with Gasteiger partial charge in [0.25, 0.3) is 0 Å². The Hall–Kier alpha value is -3.30. The molecular weight excluding hydrogens is 498 g/mol. The number of piperazine rings is 1. The van der Waals surface area contributed by atoms with Crippen LogP contribution in [0.5, 0.6) is 0 Å². The molecule has 8 heteroatoms. The van der Waals surface area contributed by atoms with Crippen LogP contribution in [0, 0.1) is 6.92 Å². The molecule has 6 rings (SSSR count). The number of benzene rings is 2. The Bertz CT molecular complexity index is 1440. The van der Waals surface area contributed by atoms with Gasteiger partial charge < -0.3 is 15.0 Å². The van der Waals surface area contributed by atoms with E-state index in [1.807, 2.05) is 6.20 Å². The number of aryl methyl sites for hydroxylation is 1. The lowest BCUT2D eigenvalue weighted by molar-refractivity contribution is 0.119. The minimum atomic E-state index is 0.459. The molecule has 40 heavy (non-hydrogen) atoms. The van der Waals surface area contributed by atoms with E-state index in [4.69, 9.17) is 4.74 Å². The van der Waals surface area contributed by atoms with Crippen LogP contribution < -0.4 is 5.32 Å². The molecule has 2 fully saturated rings. The Labute approximate surface area is 237 Å². The summed E-state index contributed by atoms with van der Waals surface area (Å²) >= 11 is 0. The van der Waals surface area contributed by atoms with Crippen molar-refractivity contribution in [2.75, 3.05) is 59.5 Å². The Kier molecular flexibility index (Phi) is 8.39. The van der Waals surface area contributed by atoms with Crippen molar-refractivity contribution < 1.29 is 4.74 Å². The number of methoxy groups -OCH3 is 1. The molecule has 0 aliphatic carbocycles. The van der Waals surface area contributed by atoms with Crippen molar-refractivity contribution in [1.29, 1.82) is 0 Å². The maximum absolute atomic E-state index is 5.23. The summed E-state index contributed by atoms with van der Waals surface area (Å²) in [5, 5.41) is 17.1. The van der Waals surface area contributed by atoms with Gasteiger partial charge in [0.2, 0.25) is 0 Å². The number of aromatic nitrogens is 4. The second-order valence-corrected chi connectivity index (χ2v) is 11.2. The maximum atomic E-state index is 5.23. The van der Waals surface area contributed by atoms with E-state index in [1.165, 1.54) is 22.3 Å². The fraction of sp³-hybridized carbons (Fsp3) is 0.438. The van der Waals surface area contributed by atoms with E-state index in [1.54, 1.807) is 7.11 Å². The molecule has 0 spiro atoms. The van der Waals surface area contributed by atoms with Crippen LogP contribution >= 0.6 is 0 Å². The average molecular weight is 540 g/mol. The molecule has 0 saturated carbocycles. The Balaban J connectivity index is 1.14. The summed E-state index contributed by atoms with van der Waals surface area (Å²) in [6, 6.07) is 14.0. The third kappa shape index (κ3) is 6.20. The van der Waals surface area contributed by atoms with E-state index in [2.05, 4.69) is 96.8 Å². The summed E-state index contributed by atoms with van der Waals surface area (Å²) in [6.07, 6.45) is 10.6. The highest BCUT2D eigenvalue weighted by Gasteiger charge is 2.20. The molecule has 0 unspecified atom stereocenters. The molecule has 0 bridgehead atoms. The summed E-state index contributed by atoms with van der Waals surface area (Å²) in [6.45, 7) is 11.6. The number of hydrogen-bond donors (Lipinski definition) is 2. The standard InChI is InChI=1S/C32H41N7O/c1-24-19-25(22-38-15-11-33-12-16-38)3-6-29(24)27-5-8-32-30(20-27)31(35-36-32)7-4-26-21-34-39(23-26)28-9-13-37(14-10-28)17-18-40-2/h3-8,19-21,23,28,33H,9-18,22H2,1-2H3,(H,35,36)/b7-4+. The van der Waals surface area contributed by atoms with Crippen LogP contribution in [0.1, 0.15) is 41.3 Å². The van der Waals surface area contributed by atoms with Crippen LogP contribution in [-0.4, -0.2) is 89.3 Å². The molecule has 0 atom stereocenters. The highest BCUT2D eigenvalue weighted by atomic mass is 16.5. The van der Waals surface area contributed by atoms with Gasteiger partial charge in [-0.05, 0) is 66.3 Å². The van der Waals surface area contributed by atoms with Crippen LogP contribution in [0.25, 0.3) is 34.2 Å². The van der Waals surface area contributed by atoms with Crippen LogP contribution in [0.15, 0.2) is 48.8 Å². The zero-order valence-electron chi connectivity index (χ0n) is 23.8. The predicted octanol–water partition coefficient (Wildman–Crippen LogP) is 4.59. The topological polar surface area (TPSA) is 74.2 Å². The van der Waals surface area contributed by atoms with Crippen molar-refractivity contribution in [3.05, 3.63) is 71.2 Å². The number of H-pyrrole nitrogens is 1. The lowest BCUT2D eigenvalue weighted by atomic mass is 9.97. The maximum Gasteiger partial charge on any atom is 0.0927 e. The van der Waals surface area contributed by atoms with E-state index in [0.717, 1.165) is 94.0 Å². The van der Waals surface area contributed by atoms with Gasteiger partial charge in [0.05, 0.1) is 30.1 Å². The smallest absolute Gasteiger partial charge is 0.0927 e. The molecule has 4 heterocycles. The molecule has 2 aromatic heterocycles. The van der Waals surface area contributed by atoms with Gasteiger partial charge in [-0.2, -0.15) is 10.2 Å². The number of likely N-dealkylation sites (tertiary alicyclic amines) is 1. The van der Waals surface area contributed by atoms with Gasteiger partial charge in [-0.25, -0.2) is 0 Å². The monoisotopic (exact) mass is 539 g/mol. The number of nitrogens with one attached hydrogen (secondary N) is 2. The zero-order chi connectivity index (χ0) is 27.3. The minimum Gasteiger partial charge on any atom is -0.383 e. The summed E-state index contributed by atoms with van der Waals surface area (Å²) in [4.78, 5) is 5.00. The summed E-state index contributed by atoms with van der Waals surface area (Å²) in [5.74, 6) is 0. The fourth-order valence-corrected chi connectivity index (χ4v) is 6.05. The number of aromatic amines is 1. The highest BCUT2D eigenvalue weighted by Crippen LogP contribution is 2.29. The second-order valence-electron chi connectivity index (χ2n) is 11.2. The summed E-state index contributed by atoms with van der Waals surface area (Å²) in [5.41, 5.74) is 8.29. The highest BCUT2D eigenvalue weighted by molar-refractivity contribution is 5.92. The number of piperidine rings is 1. The molecule has 2 aliphatic rings. The van der Waals surface area contributed by atoms with Crippen LogP contribution in [-0.2, 0) is 11.3 Å². The van der Waals surface area contributed by atoms with Gasteiger partial charge in [0.1, 0.15) is 0 Å². The van der Waals surface area contributed by atoms with Crippen LogP contribution in [0.3, 0.4) is 0 Å². The first-order chi connectivity index (χ1) is 19.7. The molecule has 8 nitrogen and oxygen atoms in total. The van der Waals surface area contributed by atoms with Crippen molar-refractivity contribution >= 4 is 23.1 Å². The number of rotatable bonds is 9. The number of ether oxygens (including phenoxy) is 1. The summed E-state index contributed by atoms with van der Waals surface area (Å²) in [7, 11) is 1.77. The lowest BCUT2D eigenvalue weighted by Gasteiger charge is -2.31. The quantitative estimate of drug-likeness (QED) is 0.324. The third-order valence-corrected chi connectivity index (χ3v) is 8.41. The van der Waals surface area contributed by atoms with Crippen LogP contribution in [0.2, 0.25) is 0 Å². The Morgan fingerprint density at radius 3 is 2.65 bits per heavy atom. The van der Waals surface area contributed by atoms with Gasteiger partial charge in [-0.1, -0.05) is 24.3 Å². The molecule has 0 radical (unpaired) electrons.